The zero-order valence-corrected chi connectivity index (χ0v) is 16.0. The molecule has 0 aliphatic heterocycles. The predicted molar refractivity (Wildman–Crippen MR) is 104 cm³/mol. The fraction of sp³-hybridized carbons (Fsp3) is 0.300. The molecule has 2 amide bonds. The maximum atomic E-state index is 12.1. The fourth-order valence-electron chi connectivity index (χ4n) is 2.43. The maximum Gasteiger partial charge on any atom is 0.573 e. The second-order valence-electron chi connectivity index (χ2n) is 6.57. The van der Waals surface area contributed by atoms with Gasteiger partial charge in [-0.2, -0.15) is 0 Å². The summed E-state index contributed by atoms with van der Waals surface area (Å²) in [4.78, 5) is 23.7. The van der Waals surface area contributed by atoms with Crippen molar-refractivity contribution in [2.24, 2.45) is 0 Å². The van der Waals surface area contributed by atoms with E-state index in [4.69, 9.17) is 0 Å². The van der Waals surface area contributed by atoms with Crippen LogP contribution in [0.4, 0.5) is 24.5 Å². The molecular formula is C20H22F3N3O3. The number of halogens is 3. The van der Waals surface area contributed by atoms with Crippen LogP contribution in [-0.2, 0) is 16.0 Å². The van der Waals surface area contributed by atoms with Gasteiger partial charge in [0.2, 0.25) is 11.8 Å². The average molecular weight is 409 g/mol. The van der Waals surface area contributed by atoms with Gasteiger partial charge in [0.15, 0.2) is 0 Å². The van der Waals surface area contributed by atoms with E-state index in [0.717, 1.165) is 17.7 Å². The summed E-state index contributed by atoms with van der Waals surface area (Å²) in [5.41, 5.74) is 1.89. The van der Waals surface area contributed by atoms with Crippen LogP contribution in [0.15, 0.2) is 48.5 Å². The second kappa shape index (κ2) is 9.81. The largest absolute Gasteiger partial charge is 0.573 e. The van der Waals surface area contributed by atoms with Gasteiger partial charge in [-0.05, 0) is 55.8 Å². The zero-order valence-electron chi connectivity index (χ0n) is 16.0. The Balaban J connectivity index is 1.79. The number of hydrogen-bond donors (Lipinski definition) is 3. The summed E-state index contributed by atoms with van der Waals surface area (Å²) in [6.45, 7) is 3.75. The van der Waals surface area contributed by atoms with Crippen molar-refractivity contribution in [2.75, 3.05) is 17.2 Å². The fourth-order valence-corrected chi connectivity index (χ4v) is 2.43. The number of amides is 2. The second-order valence-corrected chi connectivity index (χ2v) is 6.57. The Morgan fingerprint density at radius 1 is 0.931 bits per heavy atom. The first kappa shape index (κ1) is 22.1. The van der Waals surface area contributed by atoms with Gasteiger partial charge in [0.05, 0.1) is 13.0 Å². The summed E-state index contributed by atoms with van der Waals surface area (Å²) in [7, 11) is 0. The van der Waals surface area contributed by atoms with Crippen LogP contribution < -0.4 is 20.7 Å². The monoisotopic (exact) mass is 409 g/mol. The minimum atomic E-state index is -4.76. The van der Waals surface area contributed by atoms with Gasteiger partial charge in [-0.15, -0.1) is 13.2 Å². The van der Waals surface area contributed by atoms with Gasteiger partial charge >= 0.3 is 6.36 Å². The number of ether oxygens (including phenoxy) is 1. The Morgan fingerprint density at radius 3 is 2.07 bits per heavy atom. The molecular weight excluding hydrogens is 387 g/mol. The molecule has 0 saturated carbocycles. The Morgan fingerprint density at radius 2 is 1.52 bits per heavy atom. The van der Waals surface area contributed by atoms with Gasteiger partial charge in [-0.25, -0.2) is 0 Å². The van der Waals surface area contributed by atoms with Crippen LogP contribution in [0.5, 0.6) is 5.75 Å². The van der Waals surface area contributed by atoms with E-state index in [1.807, 2.05) is 13.8 Å². The van der Waals surface area contributed by atoms with Crippen LogP contribution in [0.3, 0.4) is 0 Å². The Kier molecular flexibility index (Phi) is 7.46. The van der Waals surface area contributed by atoms with E-state index in [9.17, 15) is 22.8 Å². The van der Waals surface area contributed by atoms with Gasteiger partial charge in [-0.3, -0.25) is 9.59 Å². The third-order valence-electron chi connectivity index (χ3n) is 3.59. The molecule has 0 aliphatic carbocycles. The van der Waals surface area contributed by atoms with E-state index in [2.05, 4.69) is 20.7 Å². The minimum Gasteiger partial charge on any atom is -0.406 e. The third-order valence-corrected chi connectivity index (χ3v) is 3.59. The smallest absolute Gasteiger partial charge is 0.406 e. The highest BCUT2D eigenvalue weighted by atomic mass is 19.4. The van der Waals surface area contributed by atoms with Crippen molar-refractivity contribution in [1.82, 2.24) is 5.32 Å². The highest BCUT2D eigenvalue weighted by Crippen LogP contribution is 2.23. The lowest BCUT2D eigenvalue weighted by atomic mass is 10.1. The number of carbonyl (C=O) groups is 2. The molecule has 2 aromatic rings. The summed E-state index contributed by atoms with van der Waals surface area (Å²) in [5, 5.41) is 8.31. The lowest BCUT2D eigenvalue weighted by Gasteiger charge is -2.11. The van der Waals surface area contributed by atoms with Crippen molar-refractivity contribution in [2.45, 2.75) is 32.7 Å². The molecule has 0 unspecified atom stereocenters. The molecule has 0 spiro atoms. The van der Waals surface area contributed by atoms with Crippen molar-refractivity contribution in [3.05, 3.63) is 54.1 Å². The van der Waals surface area contributed by atoms with E-state index in [1.54, 1.807) is 24.3 Å². The minimum absolute atomic E-state index is 0.0337. The van der Waals surface area contributed by atoms with Gasteiger partial charge in [0, 0.05) is 17.4 Å². The van der Waals surface area contributed by atoms with E-state index in [0.29, 0.717) is 11.4 Å². The lowest BCUT2D eigenvalue weighted by molar-refractivity contribution is -0.274. The van der Waals surface area contributed by atoms with Crippen molar-refractivity contribution in [3.63, 3.8) is 0 Å². The normalized spacial score (nSPS) is 11.1. The molecule has 156 valence electrons. The highest BCUT2D eigenvalue weighted by Gasteiger charge is 2.30. The Hall–Kier alpha value is -3.23. The van der Waals surface area contributed by atoms with Gasteiger partial charge in [0.1, 0.15) is 5.75 Å². The van der Waals surface area contributed by atoms with Crippen LogP contribution in [-0.4, -0.2) is 30.8 Å². The van der Waals surface area contributed by atoms with Crippen LogP contribution >= 0.6 is 0 Å². The molecule has 0 fully saturated rings. The van der Waals surface area contributed by atoms with Crippen LogP contribution in [0.25, 0.3) is 0 Å². The van der Waals surface area contributed by atoms with Crippen LogP contribution in [0.2, 0.25) is 0 Å². The molecule has 6 nitrogen and oxygen atoms in total. The molecule has 0 aromatic heterocycles. The third kappa shape index (κ3) is 8.54. The first-order valence-electron chi connectivity index (χ1n) is 8.88. The van der Waals surface area contributed by atoms with E-state index < -0.39 is 6.36 Å². The lowest BCUT2D eigenvalue weighted by Crippen LogP contribution is -2.31. The number of nitrogens with one attached hydrogen (secondary N) is 3. The molecule has 3 N–H and O–H groups in total. The van der Waals surface area contributed by atoms with E-state index >= 15 is 0 Å². The molecule has 0 heterocycles. The summed E-state index contributed by atoms with van der Waals surface area (Å²) in [6.07, 6.45) is -4.49. The number of anilines is 2. The Bertz CT molecular complexity index is 820. The molecule has 2 aromatic carbocycles. The van der Waals surface area contributed by atoms with Crippen LogP contribution in [0.1, 0.15) is 19.4 Å². The first-order chi connectivity index (χ1) is 13.6. The van der Waals surface area contributed by atoms with Gasteiger partial charge in [0.25, 0.3) is 0 Å². The number of hydrogen-bond acceptors (Lipinski definition) is 4. The van der Waals surface area contributed by atoms with Crippen molar-refractivity contribution in [3.8, 4) is 5.75 Å². The van der Waals surface area contributed by atoms with E-state index in [1.165, 1.54) is 12.1 Å². The SMILES string of the molecule is CC(C)NC(=O)Cc1ccc(NCC(=O)Nc2ccc(OC(F)(F)F)cc2)cc1. The molecule has 9 heteroatoms. The van der Waals surface area contributed by atoms with Crippen molar-refractivity contribution in [1.29, 1.82) is 0 Å². The average Bonchev–Trinajstić information content (AvgIpc) is 2.61. The molecule has 29 heavy (non-hydrogen) atoms. The van der Waals surface area contributed by atoms with E-state index in [-0.39, 0.29) is 36.6 Å². The highest BCUT2D eigenvalue weighted by molar-refractivity contribution is 5.93. The van der Waals surface area contributed by atoms with Gasteiger partial charge in [-0.1, -0.05) is 12.1 Å². The molecule has 2 rings (SSSR count). The molecule has 0 saturated heterocycles. The summed E-state index contributed by atoms with van der Waals surface area (Å²) >= 11 is 0. The topological polar surface area (TPSA) is 79.5 Å². The number of rotatable bonds is 8. The van der Waals surface area contributed by atoms with Crippen molar-refractivity contribution < 1.29 is 27.5 Å². The summed E-state index contributed by atoms with van der Waals surface area (Å²) in [5.74, 6) is -0.794. The maximum absolute atomic E-state index is 12.1. The quantitative estimate of drug-likeness (QED) is 0.621. The summed E-state index contributed by atoms with van der Waals surface area (Å²) < 4.78 is 40.2. The molecule has 0 aliphatic rings. The first-order valence-corrected chi connectivity index (χ1v) is 8.88. The van der Waals surface area contributed by atoms with Crippen molar-refractivity contribution >= 4 is 23.2 Å². The predicted octanol–water partition coefficient (Wildman–Crippen LogP) is 3.70. The molecule has 0 bridgehead atoms. The van der Waals surface area contributed by atoms with Gasteiger partial charge < -0.3 is 20.7 Å². The molecule has 0 atom stereocenters. The summed E-state index contributed by atoms with van der Waals surface area (Å²) in [6, 6.07) is 12.0. The number of alkyl halides is 3. The van der Waals surface area contributed by atoms with Crippen LogP contribution in [0, 0.1) is 0 Å². The molecule has 0 radical (unpaired) electrons. The standard InChI is InChI=1S/C20H22F3N3O3/c1-13(2)25-18(27)11-14-3-5-15(6-4-14)24-12-19(28)26-16-7-9-17(10-8-16)29-20(21,22)23/h3-10,13,24H,11-12H2,1-2H3,(H,25,27)(H,26,28). The number of carbonyl (C=O) groups excluding carboxylic acids is 2. The number of benzene rings is 2. The zero-order chi connectivity index (χ0) is 21.4. The Labute approximate surface area is 166 Å².